The maximum atomic E-state index is 4.99. The van der Waals surface area contributed by atoms with Crippen LogP contribution in [0.2, 0.25) is 0 Å². The van der Waals surface area contributed by atoms with E-state index in [1.165, 1.54) is 51.9 Å². The van der Waals surface area contributed by atoms with Crippen LogP contribution in [-0.4, -0.2) is 22.6 Å². The molecule has 0 saturated heterocycles. The van der Waals surface area contributed by atoms with Crippen molar-refractivity contribution < 1.29 is 0 Å². The lowest BCUT2D eigenvalue weighted by Gasteiger charge is -2.24. The second-order valence-electron chi connectivity index (χ2n) is 7.84. The van der Waals surface area contributed by atoms with Crippen LogP contribution in [0.5, 0.6) is 0 Å². The first kappa shape index (κ1) is 19.5. The Balaban J connectivity index is 2.27. The maximum absolute atomic E-state index is 4.99. The molecule has 0 fully saturated rings. The summed E-state index contributed by atoms with van der Waals surface area (Å²) in [6.07, 6.45) is 4.69. The van der Waals surface area contributed by atoms with Gasteiger partial charge in [0, 0.05) is 37.6 Å². The number of nitrogens with zero attached hydrogens (tertiary/aromatic N) is 3. The van der Waals surface area contributed by atoms with E-state index in [1.54, 1.807) is 0 Å². The number of aromatic nitrogens is 2. The number of rotatable bonds is 6. The molecule has 3 nitrogen and oxygen atoms in total. The molecule has 0 spiro atoms. The number of hydrogen-bond acceptors (Lipinski definition) is 2. The summed E-state index contributed by atoms with van der Waals surface area (Å²) in [6, 6.07) is 6.80. The van der Waals surface area contributed by atoms with E-state index in [9.17, 15) is 0 Å². The molecule has 0 bridgehead atoms. The second-order valence-corrected chi connectivity index (χ2v) is 7.84. The van der Waals surface area contributed by atoms with Crippen molar-refractivity contribution in [1.29, 1.82) is 0 Å². The fourth-order valence-corrected chi connectivity index (χ4v) is 4.33. The van der Waals surface area contributed by atoms with Gasteiger partial charge < -0.3 is 9.47 Å². The van der Waals surface area contributed by atoms with Crippen LogP contribution < -0.4 is 4.90 Å². The minimum Gasteiger partial charge on any atom is -0.370 e. The number of hydrogen-bond donors (Lipinski definition) is 0. The van der Waals surface area contributed by atoms with Crippen LogP contribution in [0.1, 0.15) is 49.1 Å². The largest absolute Gasteiger partial charge is 0.370 e. The molecular formula is C24H33N3. The normalized spacial score (nSPS) is 11.4. The summed E-state index contributed by atoms with van der Waals surface area (Å²) in [5, 5.41) is 0. The molecule has 27 heavy (non-hydrogen) atoms. The van der Waals surface area contributed by atoms with E-state index in [0.717, 1.165) is 24.3 Å². The van der Waals surface area contributed by atoms with E-state index in [-0.39, 0.29) is 0 Å². The smallest absolute Gasteiger partial charge is 0.0984 e. The zero-order chi connectivity index (χ0) is 19.7. The van der Waals surface area contributed by atoms with Crippen LogP contribution >= 0.6 is 0 Å². The maximum Gasteiger partial charge on any atom is 0.0984 e. The van der Waals surface area contributed by atoms with Crippen LogP contribution in [0.4, 0.5) is 5.69 Å². The van der Waals surface area contributed by atoms with Gasteiger partial charge >= 0.3 is 0 Å². The van der Waals surface area contributed by atoms with Gasteiger partial charge in [0.15, 0.2) is 0 Å². The highest BCUT2D eigenvalue weighted by atomic mass is 15.1. The fourth-order valence-electron chi connectivity index (χ4n) is 4.33. The van der Waals surface area contributed by atoms with Gasteiger partial charge in [0.1, 0.15) is 0 Å². The van der Waals surface area contributed by atoms with Crippen LogP contribution in [0.15, 0.2) is 24.4 Å². The SMILES string of the molecule is CCCCN(CC)c1cc(C)nc2c(-c3c(C)cc(C)cc3C)cn(C)c12. The summed E-state index contributed by atoms with van der Waals surface area (Å²) in [4.78, 5) is 7.49. The van der Waals surface area contributed by atoms with E-state index in [4.69, 9.17) is 4.98 Å². The van der Waals surface area contributed by atoms with Gasteiger partial charge in [-0.15, -0.1) is 0 Å². The Morgan fingerprint density at radius 2 is 1.67 bits per heavy atom. The van der Waals surface area contributed by atoms with Gasteiger partial charge in [0.25, 0.3) is 0 Å². The van der Waals surface area contributed by atoms with E-state index < -0.39 is 0 Å². The van der Waals surface area contributed by atoms with Crippen molar-refractivity contribution in [3.8, 4) is 11.1 Å². The Kier molecular flexibility index (Phi) is 5.59. The minimum absolute atomic E-state index is 1.02. The molecule has 3 heteroatoms. The predicted octanol–water partition coefficient (Wildman–Crippen LogP) is 6.10. The number of aryl methyl sites for hydroxylation is 5. The molecule has 0 aliphatic heterocycles. The van der Waals surface area contributed by atoms with Gasteiger partial charge in [-0.3, -0.25) is 4.98 Å². The van der Waals surface area contributed by atoms with Gasteiger partial charge in [-0.25, -0.2) is 0 Å². The van der Waals surface area contributed by atoms with Crippen LogP contribution in [0.3, 0.4) is 0 Å². The summed E-state index contributed by atoms with van der Waals surface area (Å²) in [5.41, 5.74) is 11.3. The van der Waals surface area contributed by atoms with Crippen molar-refractivity contribution in [2.45, 2.75) is 54.4 Å². The van der Waals surface area contributed by atoms with Crippen molar-refractivity contribution in [3.05, 3.63) is 46.8 Å². The zero-order valence-corrected chi connectivity index (χ0v) is 18.0. The topological polar surface area (TPSA) is 21.1 Å². The molecule has 0 aliphatic carbocycles. The third kappa shape index (κ3) is 3.60. The fraction of sp³-hybridized carbons (Fsp3) is 0.458. The molecule has 3 aromatic rings. The molecule has 3 rings (SSSR count). The Hall–Kier alpha value is -2.29. The summed E-state index contributed by atoms with van der Waals surface area (Å²) >= 11 is 0. The highest BCUT2D eigenvalue weighted by Gasteiger charge is 2.19. The van der Waals surface area contributed by atoms with E-state index in [0.29, 0.717) is 0 Å². The molecule has 0 atom stereocenters. The molecule has 2 aromatic heterocycles. The van der Waals surface area contributed by atoms with Crippen LogP contribution in [0, 0.1) is 27.7 Å². The van der Waals surface area contributed by atoms with Gasteiger partial charge in [0.05, 0.1) is 16.7 Å². The van der Waals surface area contributed by atoms with E-state index in [2.05, 4.69) is 82.5 Å². The highest BCUT2D eigenvalue weighted by molar-refractivity contribution is 6.01. The van der Waals surface area contributed by atoms with E-state index >= 15 is 0 Å². The lowest BCUT2D eigenvalue weighted by atomic mass is 9.94. The summed E-state index contributed by atoms with van der Waals surface area (Å²) in [7, 11) is 2.15. The minimum atomic E-state index is 1.02. The van der Waals surface area contributed by atoms with Gasteiger partial charge in [-0.2, -0.15) is 0 Å². The molecular weight excluding hydrogens is 330 g/mol. The summed E-state index contributed by atoms with van der Waals surface area (Å²) < 4.78 is 2.26. The molecule has 0 aliphatic rings. The van der Waals surface area contributed by atoms with Gasteiger partial charge in [-0.05, 0) is 63.8 Å². The number of unbranched alkanes of at least 4 members (excludes halogenated alkanes) is 1. The Morgan fingerprint density at radius 3 is 2.26 bits per heavy atom. The van der Waals surface area contributed by atoms with E-state index in [1.807, 2.05) is 0 Å². The monoisotopic (exact) mass is 363 g/mol. The summed E-state index contributed by atoms with van der Waals surface area (Å²) in [5.74, 6) is 0. The quantitative estimate of drug-likeness (QED) is 0.527. The molecule has 0 saturated carbocycles. The molecule has 2 heterocycles. The molecule has 0 unspecified atom stereocenters. The lowest BCUT2D eigenvalue weighted by Crippen LogP contribution is -2.24. The third-order valence-corrected chi connectivity index (χ3v) is 5.48. The van der Waals surface area contributed by atoms with Crippen molar-refractivity contribution in [2.75, 3.05) is 18.0 Å². The molecule has 0 amide bonds. The number of fused-ring (bicyclic) bond motifs is 1. The first-order valence-electron chi connectivity index (χ1n) is 10.2. The zero-order valence-electron chi connectivity index (χ0n) is 18.0. The third-order valence-electron chi connectivity index (χ3n) is 5.48. The van der Waals surface area contributed by atoms with Gasteiger partial charge in [-0.1, -0.05) is 31.0 Å². The van der Waals surface area contributed by atoms with Crippen molar-refractivity contribution in [1.82, 2.24) is 9.55 Å². The average molecular weight is 364 g/mol. The number of benzene rings is 1. The van der Waals surface area contributed by atoms with Crippen molar-refractivity contribution in [3.63, 3.8) is 0 Å². The summed E-state index contributed by atoms with van der Waals surface area (Å²) in [6.45, 7) is 15.3. The molecule has 1 aromatic carbocycles. The second kappa shape index (κ2) is 7.75. The molecule has 0 N–H and O–H groups in total. The Morgan fingerprint density at radius 1 is 1.00 bits per heavy atom. The van der Waals surface area contributed by atoms with Crippen molar-refractivity contribution in [2.24, 2.45) is 7.05 Å². The van der Waals surface area contributed by atoms with Crippen LogP contribution in [0.25, 0.3) is 22.2 Å². The first-order chi connectivity index (χ1) is 12.9. The Labute approximate surface area is 164 Å². The Bertz CT molecular complexity index is 942. The molecule has 144 valence electrons. The lowest BCUT2D eigenvalue weighted by molar-refractivity contribution is 0.731. The standard InChI is InChI=1S/C24H33N3/c1-8-10-11-27(9-2)21-14-19(6)25-23-20(15-26(7)24(21)23)22-17(4)12-16(3)13-18(22)5/h12-15H,8-11H2,1-7H3. The predicted molar refractivity (Wildman–Crippen MR) is 118 cm³/mol. The highest BCUT2D eigenvalue weighted by Crippen LogP contribution is 2.38. The number of anilines is 1. The number of pyridine rings is 1. The first-order valence-corrected chi connectivity index (χ1v) is 10.2. The average Bonchev–Trinajstić information content (AvgIpc) is 2.91. The molecule has 0 radical (unpaired) electrons. The van der Waals surface area contributed by atoms with Crippen LogP contribution in [-0.2, 0) is 7.05 Å². The van der Waals surface area contributed by atoms with Crippen molar-refractivity contribution >= 4 is 16.7 Å². The van der Waals surface area contributed by atoms with Gasteiger partial charge in [0.2, 0.25) is 0 Å².